The summed E-state index contributed by atoms with van der Waals surface area (Å²) in [4.78, 5) is 35.7. The summed E-state index contributed by atoms with van der Waals surface area (Å²) in [5, 5.41) is 0. The summed E-state index contributed by atoms with van der Waals surface area (Å²) in [7, 11) is 0. The van der Waals surface area contributed by atoms with Gasteiger partial charge >= 0.3 is 0 Å². The number of rotatable bonds is 8. The van der Waals surface area contributed by atoms with Crippen LogP contribution < -0.4 is 10.5 Å². The van der Waals surface area contributed by atoms with Crippen LogP contribution in [0.1, 0.15) is 37.8 Å². The van der Waals surface area contributed by atoms with E-state index in [4.69, 9.17) is 17.2 Å². The number of thioether (sulfide) groups is 1. The predicted octanol–water partition coefficient (Wildman–Crippen LogP) is 4.72. The SMILES string of the molecule is CCCN(CCC)c1nc2ccccn2c(=O)c1C=C1SC(=S)N(Cc2ccccc2)C1=O. The number of benzene rings is 1. The summed E-state index contributed by atoms with van der Waals surface area (Å²) >= 11 is 6.74. The van der Waals surface area contributed by atoms with E-state index in [2.05, 4.69) is 18.7 Å². The molecule has 0 saturated carbocycles. The fraction of sp³-hybridized carbons (Fsp3) is 0.280. The van der Waals surface area contributed by atoms with Gasteiger partial charge in [0.2, 0.25) is 0 Å². The van der Waals surface area contributed by atoms with E-state index >= 15 is 0 Å². The number of thiocarbonyl (C=S) groups is 1. The Kier molecular flexibility index (Phi) is 7.25. The molecule has 8 heteroatoms. The van der Waals surface area contributed by atoms with Gasteiger partial charge in [0.25, 0.3) is 11.5 Å². The normalized spacial score (nSPS) is 15.1. The Bertz CT molecular complexity index is 1260. The first kappa shape index (κ1) is 23.2. The van der Waals surface area contributed by atoms with Crippen LogP contribution in [-0.2, 0) is 11.3 Å². The highest BCUT2D eigenvalue weighted by atomic mass is 32.2. The average molecular weight is 479 g/mol. The lowest BCUT2D eigenvalue weighted by molar-refractivity contribution is -0.122. The number of hydrogen-bond donors (Lipinski definition) is 0. The van der Waals surface area contributed by atoms with E-state index in [9.17, 15) is 9.59 Å². The highest BCUT2D eigenvalue weighted by Crippen LogP contribution is 2.34. The van der Waals surface area contributed by atoms with Crippen LogP contribution in [0, 0.1) is 0 Å². The lowest BCUT2D eigenvalue weighted by Gasteiger charge is -2.24. The van der Waals surface area contributed by atoms with E-state index < -0.39 is 0 Å². The highest BCUT2D eigenvalue weighted by molar-refractivity contribution is 8.26. The Morgan fingerprint density at radius 3 is 2.42 bits per heavy atom. The smallest absolute Gasteiger partial charge is 0.267 e. The molecule has 170 valence electrons. The lowest BCUT2D eigenvalue weighted by atomic mass is 10.2. The van der Waals surface area contributed by atoms with Crippen LogP contribution in [0.15, 0.2) is 64.4 Å². The number of carbonyl (C=O) groups excluding carboxylic acids is 1. The molecule has 0 unspecified atom stereocenters. The first-order valence-corrected chi connectivity index (χ1v) is 12.3. The minimum Gasteiger partial charge on any atom is -0.356 e. The summed E-state index contributed by atoms with van der Waals surface area (Å²) in [6, 6.07) is 15.2. The second-order valence-corrected chi connectivity index (χ2v) is 9.50. The van der Waals surface area contributed by atoms with Gasteiger partial charge in [-0.15, -0.1) is 0 Å². The molecule has 1 aliphatic rings. The Morgan fingerprint density at radius 1 is 1.03 bits per heavy atom. The Morgan fingerprint density at radius 2 is 1.73 bits per heavy atom. The molecule has 1 aromatic carbocycles. The Balaban J connectivity index is 1.79. The summed E-state index contributed by atoms with van der Waals surface area (Å²) in [5.41, 5.74) is 1.81. The van der Waals surface area contributed by atoms with Gasteiger partial charge in [0.05, 0.1) is 17.0 Å². The van der Waals surface area contributed by atoms with Crippen LogP contribution in [-0.4, -0.2) is 37.6 Å². The minimum absolute atomic E-state index is 0.185. The maximum Gasteiger partial charge on any atom is 0.267 e. The molecule has 0 atom stereocenters. The zero-order valence-electron chi connectivity index (χ0n) is 18.7. The minimum atomic E-state index is -0.193. The molecule has 0 spiro atoms. The number of carbonyl (C=O) groups is 1. The van der Waals surface area contributed by atoms with Crippen LogP contribution in [0.25, 0.3) is 11.7 Å². The average Bonchev–Trinajstić information content (AvgIpc) is 3.08. The van der Waals surface area contributed by atoms with Crippen LogP contribution in [0.2, 0.25) is 0 Å². The van der Waals surface area contributed by atoms with Gasteiger partial charge in [-0.25, -0.2) is 4.98 Å². The topological polar surface area (TPSA) is 57.9 Å². The van der Waals surface area contributed by atoms with Crippen LogP contribution in [0.4, 0.5) is 5.82 Å². The van der Waals surface area contributed by atoms with Crippen molar-refractivity contribution in [1.29, 1.82) is 0 Å². The predicted molar refractivity (Wildman–Crippen MR) is 139 cm³/mol. The molecular weight excluding hydrogens is 452 g/mol. The maximum atomic E-state index is 13.5. The van der Waals surface area contributed by atoms with E-state index in [1.54, 1.807) is 23.2 Å². The van der Waals surface area contributed by atoms with Gasteiger partial charge in [0.15, 0.2) is 0 Å². The lowest BCUT2D eigenvalue weighted by Crippen LogP contribution is -2.31. The van der Waals surface area contributed by atoms with Crippen LogP contribution in [0.3, 0.4) is 0 Å². The molecule has 2 aromatic heterocycles. The standard InChI is InChI=1S/C25H26N4O2S2/c1-3-13-27(14-4-2)22-19(23(30)28-15-9-8-12-21(28)26-22)16-20-24(31)29(25(32)33-20)17-18-10-6-5-7-11-18/h5-12,15-16H,3-4,13-14,17H2,1-2H3. The van der Waals surface area contributed by atoms with E-state index in [0.29, 0.717) is 32.8 Å². The van der Waals surface area contributed by atoms with Crippen molar-refractivity contribution in [2.75, 3.05) is 18.0 Å². The van der Waals surface area contributed by atoms with Gasteiger partial charge in [-0.2, -0.15) is 0 Å². The second-order valence-electron chi connectivity index (χ2n) is 7.82. The molecule has 3 aromatic rings. The van der Waals surface area contributed by atoms with Gasteiger partial charge in [0.1, 0.15) is 15.8 Å². The molecule has 3 heterocycles. The van der Waals surface area contributed by atoms with Crippen molar-refractivity contribution in [3.63, 3.8) is 0 Å². The van der Waals surface area contributed by atoms with E-state index in [1.807, 2.05) is 42.5 Å². The molecular formula is C25H26N4O2S2. The fourth-order valence-electron chi connectivity index (χ4n) is 3.86. The molecule has 1 fully saturated rings. The zero-order chi connectivity index (χ0) is 23.4. The van der Waals surface area contributed by atoms with Gasteiger partial charge in [-0.05, 0) is 36.6 Å². The molecule has 33 heavy (non-hydrogen) atoms. The van der Waals surface area contributed by atoms with Gasteiger partial charge in [-0.3, -0.25) is 18.9 Å². The maximum absolute atomic E-state index is 13.5. The third-order valence-electron chi connectivity index (χ3n) is 5.37. The molecule has 0 N–H and O–H groups in total. The number of nitrogens with zero attached hydrogens (tertiary/aromatic N) is 4. The van der Waals surface area contributed by atoms with Crippen molar-refractivity contribution in [3.8, 4) is 0 Å². The number of pyridine rings is 1. The summed E-state index contributed by atoms with van der Waals surface area (Å²) in [6.45, 7) is 6.16. The quantitative estimate of drug-likeness (QED) is 0.345. The first-order chi connectivity index (χ1) is 16.0. The fourth-order valence-corrected chi connectivity index (χ4v) is 5.09. The van der Waals surface area contributed by atoms with Crippen molar-refractivity contribution < 1.29 is 4.79 Å². The van der Waals surface area contributed by atoms with Crippen molar-refractivity contribution in [2.24, 2.45) is 0 Å². The largest absolute Gasteiger partial charge is 0.356 e. The molecule has 0 bridgehead atoms. The Labute approximate surface area is 202 Å². The van der Waals surface area contributed by atoms with Gasteiger partial charge in [0, 0.05) is 19.3 Å². The van der Waals surface area contributed by atoms with Gasteiger partial charge in [-0.1, -0.05) is 74.2 Å². The van der Waals surface area contributed by atoms with Crippen molar-refractivity contribution >= 4 is 51.7 Å². The molecule has 4 rings (SSSR count). The summed E-state index contributed by atoms with van der Waals surface area (Å²) in [5.74, 6) is 0.429. The summed E-state index contributed by atoms with van der Waals surface area (Å²) < 4.78 is 2.01. The summed E-state index contributed by atoms with van der Waals surface area (Å²) in [6.07, 6.45) is 5.23. The third-order valence-corrected chi connectivity index (χ3v) is 6.75. The van der Waals surface area contributed by atoms with Crippen molar-refractivity contribution in [2.45, 2.75) is 33.2 Å². The zero-order valence-corrected chi connectivity index (χ0v) is 20.4. The molecule has 1 aliphatic heterocycles. The Hall–Kier alpha value is -2.97. The molecule has 6 nitrogen and oxygen atoms in total. The van der Waals surface area contributed by atoms with E-state index in [-0.39, 0.29) is 11.5 Å². The van der Waals surface area contributed by atoms with E-state index in [1.165, 1.54) is 16.2 Å². The van der Waals surface area contributed by atoms with Crippen molar-refractivity contribution in [1.82, 2.24) is 14.3 Å². The molecule has 0 aliphatic carbocycles. The molecule has 1 amide bonds. The van der Waals surface area contributed by atoms with Crippen LogP contribution >= 0.6 is 24.0 Å². The first-order valence-electron chi connectivity index (χ1n) is 11.1. The van der Waals surface area contributed by atoms with E-state index in [0.717, 1.165) is 31.5 Å². The number of amides is 1. The molecule has 1 saturated heterocycles. The third kappa shape index (κ3) is 4.86. The van der Waals surface area contributed by atoms with Crippen molar-refractivity contribution in [3.05, 3.63) is 81.1 Å². The van der Waals surface area contributed by atoms with Crippen LogP contribution in [0.5, 0.6) is 0 Å². The number of anilines is 1. The second kappa shape index (κ2) is 10.3. The number of aromatic nitrogens is 2. The number of hydrogen-bond acceptors (Lipinski definition) is 6. The monoisotopic (exact) mass is 478 g/mol. The highest BCUT2D eigenvalue weighted by Gasteiger charge is 2.33. The molecule has 0 radical (unpaired) electrons. The van der Waals surface area contributed by atoms with Gasteiger partial charge < -0.3 is 4.90 Å². The number of fused-ring (bicyclic) bond motifs is 1.